The van der Waals surface area contributed by atoms with Gasteiger partial charge in [-0.25, -0.2) is 4.98 Å². The van der Waals surface area contributed by atoms with Crippen LogP contribution < -0.4 is 10.2 Å². The summed E-state index contributed by atoms with van der Waals surface area (Å²) in [6, 6.07) is 2.22. The van der Waals surface area contributed by atoms with Gasteiger partial charge in [0.15, 0.2) is 0 Å². The van der Waals surface area contributed by atoms with Gasteiger partial charge >= 0.3 is 0 Å². The number of hydrogen-bond acceptors (Lipinski definition) is 3. The summed E-state index contributed by atoms with van der Waals surface area (Å²) in [4.78, 5) is 6.03. The van der Waals surface area contributed by atoms with E-state index in [0.29, 0.717) is 12.0 Å². The Morgan fingerprint density at radius 2 is 2.41 bits per heavy atom. The Morgan fingerprint density at radius 3 is 3.18 bits per heavy atom. The minimum absolute atomic E-state index is 0.247. The quantitative estimate of drug-likeness (QED) is 0.577. The van der Waals surface area contributed by atoms with Crippen molar-refractivity contribution in [1.82, 2.24) is 10.3 Å². The predicted octanol–water partition coefficient (Wildman–Crippen LogP) is 1.00. The third kappa shape index (κ3) is 1.77. The lowest BCUT2D eigenvalue weighted by molar-refractivity contribution is 0.434. The van der Waals surface area contributed by atoms with E-state index in [2.05, 4.69) is 21.1 Å². The average Bonchev–Trinajstić information content (AvgIpc) is 2.65. The molecule has 17 heavy (non-hydrogen) atoms. The fraction of sp³-hybridized carbons (Fsp3) is 0.462. The molecule has 0 unspecified atom stereocenters. The molecule has 1 N–H and O–H groups in total. The zero-order valence-electron chi connectivity index (χ0n) is 9.49. The summed E-state index contributed by atoms with van der Waals surface area (Å²) in [5.74, 6) is 2.47. The summed E-state index contributed by atoms with van der Waals surface area (Å²) in [7, 11) is 0. The number of nitrogens with one attached hydrogen (secondary N) is 1. The summed E-state index contributed by atoms with van der Waals surface area (Å²) in [6.45, 7) is 3.07. The molecule has 2 saturated heterocycles. The summed E-state index contributed by atoms with van der Waals surface area (Å²) in [6.07, 6.45) is 8.05. The summed E-state index contributed by atoms with van der Waals surface area (Å²) in [5.41, 5.74) is 1.19. The molecule has 2 fully saturated rings. The van der Waals surface area contributed by atoms with Crippen molar-refractivity contribution in [2.45, 2.75) is 12.5 Å². The van der Waals surface area contributed by atoms with Gasteiger partial charge in [0.05, 0.1) is 17.4 Å². The number of halogens is 1. The Hall–Kier alpha value is -1.60. The van der Waals surface area contributed by atoms with Crippen LogP contribution >= 0.6 is 0 Å². The van der Waals surface area contributed by atoms with Crippen molar-refractivity contribution in [2.24, 2.45) is 5.92 Å². The molecule has 2 aliphatic heterocycles. The van der Waals surface area contributed by atoms with Crippen LogP contribution in [0.25, 0.3) is 0 Å². The molecule has 2 atom stereocenters. The maximum Gasteiger partial charge on any atom is 0.228 e. The third-order valence-corrected chi connectivity index (χ3v) is 3.63. The maximum absolute atomic E-state index is 13.2. The third-order valence-electron chi connectivity index (χ3n) is 3.63. The second-order valence-electron chi connectivity index (χ2n) is 4.74. The molecule has 1 aromatic rings. The first kappa shape index (κ1) is 10.5. The van der Waals surface area contributed by atoms with Gasteiger partial charge in [-0.2, -0.15) is 4.39 Å². The zero-order chi connectivity index (χ0) is 11.8. The number of piperidine rings is 1. The number of nitrogens with zero attached hydrogens (tertiary/aromatic N) is 2. The molecule has 3 nitrogen and oxygen atoms in total. The molecule has 0 aliphatic carbocycles. The first-order valence-electron chi connectivity index (χ1n) is 5.87. The number of terminal acetylenes is 1. The Kier molecular flexibility index (Phi) is 2.49. The number of anilines is 1. The van der Waals surface area contributed by atoms with E-state index in [9.17, 15) is 4.39 Å². The van der Waals surface area contributed by atoms with Crippen LogP contribution in [-0.4, -0.2) is 30.7 Å². The molecule has 2 aliphatic rings. The Balaban J connectivity index is 1.92. The molecule has 88 valence electrons. The molecule has 0 radical (unpaired) electrons. The van der Waals surface area contributed by atoms with Gasteiger partial charge < -0.3 is 10.2 Å². The van der Waals surface area contributed by atoms with E-state index < -0.39 is 5.95 Å². The normalized spacial score (nSPS) is 26.9. The zero-order valence-corrected chi connectivity index (χ0v) is 9.49. The highest BCUT2D eigenvalue weighted by atomic mass is 19.1. The van der Waals surface area contributed by atoms with Crippen LogP contribution in [0.2, 0.25) is 0 Å². The molecular formula is C13H14FN3. The SMILES string of the molecule is C#Cc1cc(N2C[C@H]3CNC[C@H]2C3)cnc1F. The molecule has 3 heterocycles. The molecular weight excluding hydrogens is 217 g/mol. The molecule has 1 aromatic heterocycles. The van der Waals surface area contributed by atoms with Crippen molar-refractivity contribution in [2.75, 3.05) is 24.5 Å². The molecule has 0 aromatic carbocycles. The summed E-state index contributed by atoms with van der Waals surface area (Å²) in [5, 5.41) is 3.41. The van der Waals surface area contributed by atoms with Gasteiger partial charge in [0.2, 0.25) is 5.95 Å². The Bertz CT molecular complexity index is 480. The number of aromatic nitrogens is 1. The van der Waals surface area contributed by atoms with Crippen LogP contribution in [0.5, 0.6) is 0 Å². The number of fused-ring (bicyclic) bond motifs is 2. The molecule has 0 amide bonds. The van der Waals surface area contributed by atoms with E-state index in [1.54, 1.807) is 12.3 Å². The van der Waals surface area contributed by atoms with Crippen molar-refractivity contribution >= 4 is 5.69 Å². The highest BCUT2D eigenvalue weighted by molar-refractivity contribution is 5.52. The smallest absolute Gasteiger partial charge is 0.228 e. The van der Waals surface area contributed by atoms with E-state index >= 15 is 0 Å². The number of rotatable bonds is 1. The number of pyridine rings is 1. The van der Waals surface area contributed by atoms with Crippen LogP contribution in [-0.2, 0) is 0 Å². The van der Waals surface area contributed by atoms with Crippen molar-refractivity contribution in [3.05, 3.63) is 23.8 Å². The van der Waals surface area contributed by atoms with Crippen LogP contribution in [0.3, 0.4) is 0 Å². The molecule has 0 spiro atoms. The minimum Gasteiger partial charge on any atom is -0.366 e. The maximum atomic E-state index is 13.2. The van der Waals surface area contributed by atoms with Gasteiger partial charge in [-0.05, 0) is 24.9 Å². The Labute approximate surface area is 100 Å². The fourth-order valence-electron chi connectivity index (χ4n) is 2.82. The van der Waals surface area contributed by atoms with Crippen LogP contribution in [0, 0.1) is 24.2 Å². The van der Waals surface area contributed by atoms with Crippen LogP contribution in [0.4, 0.5) is 10.1 Å². The lowest BCUT2D eigenvalue weighted by Crippen LogP contribution is -2.39. The van der Waals surface area contributed by atoms with Gasteiger partial charge in [0.25, 0.3) is 0 Å². The molecule has 2 bridgehead atoms. The first-order valence-corrected chi connectivity index (χ1v) is 5.87. The molecule has 4 heteroatoms. The van der Waals surface area contributed by atoms with E-state index in [0.717, 1.165) is 25.3 Å². The molecule has 0 saturated carbocycles. The van der Waals surface area contributed by atoms with Gasteiger partial charge in [-0.3, -0.25) is 0 Å². The van der Waals surface area contributed by atoms with Crippen molar-refractivity contribution < 1.29 is 4.39 Å². The first-order chi connectivity index (χ1) is 8.28. The number of hydrogen-bond donors (Lipinski definition) is 1. The minimum atomic E-state index is -0.559. The molecule has 3 rings (SSSR count). The summed E-state index contributed by atoms with van der Waals surface area (Å²) < 4.78 is 13.2. The van der Waals surface area contributed by atoms with Crippen LogP contribution in [0.15, 0.2) is 12.3 Å². The van der Waals surface area contributed by atoms with Gasteiger partial charge in [-0.15, -0.1) is 6.42 Å². The highest BCUT2D eigenvalue weighted by Crippen LogP contribution is 2.31. The Morgan fingerprint density at radius 1 is 1.53 bits per heavy atom. The van der Waals surface area contributed by atoms with Gasteiger partial charge in [0.1, 0.15) is 0 Å². The predicted molar refractivity (Wildman–Crippen MR) is 64.2 cm³/mol. The largest absolute Gasteiger partial charge is 0.366 e. The van der Waals surface area contributed by atoms with E-state index in [1.807, 2.05) is 0 Å². The second kappa shape index (κ2) is 4.01. The van der Waals surface area contributed by atoms with E-state index in [-0.39, 0.29) is 5.56 Å². The lowest BCUT2D eigenvalue weighted by Gasteiger charge is -2.26. The monoisotopic (exact) mass is 231 g/mol. The van der Waals surface area contributed by atoms with Gasteiger partial charge in [0, 0.05) is 19.1 Å². The van der Waals surface area contributed by atoms with Crippen LogP contribution in [0.1, 0.15) is 12.0 Å². The highest BCUT2D eigenvalue weighted by Gasteiger charge is 2.35. The lowest BCUT2D eigenvalue weighted by atomic mass is 10.0. The van der Waals surface area contributed by atoms with Crippen molar-refractivity contribution in [3.8, 4) is 12.3 Å². The fourth-order valence-corrected chi connectivity index (χ4v) is 2.82. The average molecular weight is 231 g/mol. The topological polar surface area (TPSA) is 28.2 Å². The second-order valence-corrected chi connectivity index (χ2v) is 4.74. The van der Waals surface area contributed by atoms with Gasteiger partial charge in [-0.1, -0.05) is 5.92 Å². The summed E-state index contributed by atoms with van der Waals surface area (Å²) >= 11 is 0. The van der Waals surface area contributed by atoms with Crippen molar-refractivity contribution in [1.29, 1.82) is 0 Å². The van der Waals surface area contributed by atoms with Crippen molar-refractivity contribution in [3.63, 3.8) is 0 Å². The van der Waals surface area contributed by atoms with E-state index in [4.69, 9.17) is 6.42 Å². The standard InChI is InChI=1S/C13H14FN3/c1-2-10-4-12(7-16-13(10)14)17-8-9-3-11(17)6-15-5-9/h1,4,7,9,11,15H,3,5-6,8H2/t9-,11-/m1/s1. The van der Waals surface area contributed by atoms with E-state index in [1.165, 1.54) is 6.42 Å².